The number of halogens is 1. The van der Waals surface area contributed by atoms with E-state index >= 15 is 0 Å². The van der Waals surface area contributed by atoms with E-state index < -0.39 is 0 Å². The fraction of sp³-hybridized carbons (Fsp3) is 0.259. The van der Waals surface area contributed by atoms with Crippen molar-refractivity contribution in [3.63, 3.8) is 0 Å². The van der Waals surface area contributed by atoms with Crippen LogP contribution in [0.25, 0.3) is 0 Å². The molecular formula is C27H30ClNO. The minimum absolute atomic E-state index is 0. The summed E-state index contributed by atoms with van der Waals surface area (Å²) < 4.78 is 5.43. The van der Waals surface area contributed by atoms with Crippen molar-refractivity contribution < 1.29 is 4.74 Å². The van der Waals surface area contributed by atoms with Gasteiger partial charge in [0.25, 0.3) is 0 Å². The predicted octanol–water partition coefficient (Wildman–Crippen LogP) is 5.62. The van der Waals surface area contributed by atoms with Gasteiger partial charge in [-0.1, -0.05) is 60.4 Å². The molecule has 156 valence electrons. The summed E-state index contributed by atoms with van der Waals surface area (Å²) in [6, 6.07) is 27.0. The summed E-state index contributed by atoms with van der Waals surface area (Å²) in [5.41, 5.74) is 4.77. The third kappa shape index (κ3) is 7.59. The first-order chi connectivity index (χ1) is 14.2. The van der Waals surface area contributed by atoms with Gasteiger partial charge in [0, 0.05) is 17.7 Å². The van der Waals surface area contributed by atoms with E-state index in [1.807, 2.05) is 36.4 Å². The molecule has 0 radical (unpaired) electrons. The van der Waals surface area contributed by atoms with Gasteiger partial charge in [0.2, 0.25) is 0 Å². The molecule has 2 nitrogen and oxygen atoms in total. The van der Waals surface area contributed by atoms with Crippen LogP contribution < -0.4 is 4.74 Å². The Balaban J connectivity index is 0.00000320. The maximum absolute atomic E-state index is 5.43. The number of rotatable bonds is 8. The summed E-state index contributed by atoms with van der Waals surface area (Å²) in [7, 11) is 3.91. The van der Waals surface area contributed by atoms with Crippen LogP contribution in [-0.4, -0.2) is 32.1 Å². The molecule has 3 rings (SSSR count). The maximum atomic E-state index is 5.43. The lowest BCUT2D eigenvalue weighted by Crippen LogP contribution is -2.22. The zero-order chi connectivity index (χ0) is 20.3. The number of hydrogen-bond acceptors (Lipinski definition) is 2. The van der Waals surface area contributed by atoms with E-state index in [2.05, 4.69) is 66.3 Å². The van der Waals surface area contributed by atoms with Gasteiger partial charge in [-0.2, -0.15) is 0 Å². The summed E-state index contributed by atoms with van der Waals surface area (Å²) in [6.07, 6.45) is 3.18. The number of benzene rings is 3. The monoisotopic (exact) mass is 419 g/mol. The highest BCUT2D eigenvalue weighted by Gasteiger charge is 2.05. The smallest absolute Gasteiger partial charge is 0.119 e. The molecule has 0 aromatic heterocycles. The van der Waals surface area contributed by atoms with Crippen molar-refractivity contribution in [1.82, 2.24) is 4.90 Å². The van der Waals surface area contributed by atoms with Crippen LogP contribution in [0.1, 0.15) is 28.7 Å². The highest BCUT2D eigenvalue weighted by molar-refractivity contribution is 5.85. The molecule has 3 aromatic rings. The van der Waals surface area contributed by atoms with E-state index in [4.69, 9.17) is 4.74 Å². The van der Waals surface area contributed by atoms with Crippen LogP contribution in [0.4, 0.5) is 0 Å². The van der Waals surface area contributed by atoms with Gasteiger partial charge in [-0.3, -0.25) is 0 Å². The standard InChI is InChI=1S/C27H29NO.ClH/c1-28(21-19-24-12-7-4-8-13-24)20-9-14-26-22-27(29-2)18-17-25(26)16-15-23-10-5-3-6-11-23;/h3-8,10-13,17-18,22H,9,14,19-21H2,1-2H3;1H. The molecule has 0 saturated heterocycles. The van der Waals surface area contributed by atoms with Crippen molar-refractivity contribution in [1.29, 1.82) is 0 Å². The van der Waals surface area contributed by atoms with Gasteiger partial charge in [0.15, 0.2) is 0 Å². The molecule has 3 heteroatoms. The Morgan fingerprint density at radius 1 is 0.800 bits per heavy atom. The zero-order valence-electron chi connectivity index (χ0n) is 17.8. The molecule has 0 heterocycles. The van der Waals surface area contributed by atoms with Crippen molar-refractivity contribution in [2.45, 2.75) is 19.3 Å². The van der Waals surface area contributed by atoms with Crippen LogP contribution in [-0.2, 0) is 12.8 Å². The van der Waals surface area contributed by atoms with Gasteiger partial charge in [-0.05, 0) is 74.3 Å². The molecular weight excluding hydrogens is 390 g/mol. The molecule has 30 heavy (non-hydrogen) atoms. The predicted molar refractivity (Wildman–Crippen MR) is 129 cm³/mol. The minimum atomic E-state index is 0. The molecule has 0 fully saturated rings. The summed E-state index contributed by atoms with van der Waals surface area (Å²) in [5, 5.41) is 0. The van der Waals surface area contributed by atoms with E-state index in [9.17, 15) is 0 Å². The van der Waals surface area contributed by atoms with E-state index in [-0.39, 0.29) is 12.4 Å². The molecule has 0 bridgehead atoms. The topological polar surface area (TPSA) is 12.5 Å². The molecule has 0 aliphatic heterocycles. The number of hydrogen-bond donors (Lipinski definition) is 0. The van der Waals surface area contributed by atoms with Crippen LogP contribution in [0.3, 0.4) is 0 Å². The minimum Gasteiger partial charge on any atom is -0.497 e. The Labute approximate surface area is 187 Å². The Morgan fingerprint density at radius 3 is 2.20 bits per heavy atom. The number of ether oxygens (including phenoxy) is 1. The molecule has 0 atom stereocenters. The molecule has 0 amide bonds. The fourth-order valence-electron chi connectivity index (χ4n) is 3.30. The molecule has 0 N–H and O–H groups in total. The first kappa shape index (κ1) is 23.5. The second kappa shape index (κ2) is 12.8. The largest absolute Gasteiger partial charge is 0.497 e. The van der Waals surface area contributed by atoms with Gasteiger partial charge in [0.1, 0.15) is 5.75 Å². The summed E-state index contributed by atoms with van der Waals surface area (Å²) in [5.74, 6) is 7.51. The average Bonchev–Trinajstić information content (AvgIpc) is 2.78. The summed E-state index contributed by atoms with van der Waals surface area (Å²) in [6.45, 7) is 2.14. The van der Waals surface area contributed by atoms with Gasteiger partial charge >= 0.3 is 0 Å². The second-order valence-corrected chi connectivity index (χ2v) is 7.28. The highest BCUT2D eigenvalue weighted by Crippen LogP contribution is 2.19. The van der Waals surface area contributed by atoms with Crippen LogP contribution >= 0.6 is 12.4 Å². The first-order valence-electron chi connectivity index (χ1n) is 10.2. The van der Waals surface area contributed by atoms with Crippen molar-refractivity contribution in [3.8, 4) is 17.6 Å². The van der Waals surface area contributed by atoms with Gasteiger partial charge in [-0.25, -0.2) is 0 Å². The van der Waals surface area contributed by atoms with Gasteiger partial charge in [0.05, 0.1) is 7.11 Å². The van der Waals surface area contributed by atoms with Crippen LogP contribution in [0, 0.1) is 11.8 Å². The highest BCUT2D eigenvalue weighted by atomic mass is 35.5. The van der Waals surface area contributed by atoms with E-state index in [0.717, 1.165) is 49.2 Å². The zero-order valence-corrected chi connectivity index (χ0v) is 18.6. The molecule has 0 aliphatic carbocycles. The van der Waals surface area contributed by atoms with Crippen molar-refractivity contribution in [2.75, 3.05) is 27.2 Å². The fourth-order valence-corrected chi connectivity index (χ4v) is 3.30. The van der Waals surface area contributed by atoms with Crippen LogP contribution in [0.5, 0.6) is 5.75 Å². The van der Waals surface area contributed by atoms with Gasteiger partial charge < -0.3 is 9.64 Å². The number of likely N-dealkylation sites (N-methyl/N-ethyl adjacent to an activating group) is 1. The first-order valence-corrected chi connectivity index (χ1v) is 10.2. The van der Waals surface area contributed by atoms with Crippen LogP contribution in [0.2, 0.25) is 0 Å². The van der Waals surface area contributed by atoms with Crippen LogP contribution in [0.15, 0.2) is 78.9 Å². The number of methoxy groups -OCH3 is 1. The maximum Gasteiger partial charge on any atom is 0.119 e. The molecule has 0 spiro atoms. The second-order valence-electron chi connectivity index (χ2n) is 7.28. The van der Waals surface area contributed by atoms with E-state index in [1.165, 1.54) is 11.1 Å². The van der Waals surface area contributed by atoms with E-state index in [0.29, 0.717) is 0 Å². The normalized spacial score (nSPS) is 10.1. The molecule has 0 aliphatic rings. The molecule has 0 unspecified atom stereocenters. The lowest BCUT2D eigenvalue weighted by atomic mass is 10.0. The Morgan fingerprint density at radius 2 is 1.50 bits per heavy atom. The summed E-state index contributed by atoms with van der Waals surface area (Å²) >= 11 is 0. The van der Waals surface area contributed by atoms with Crippen molar-refractivity contribution >= 4 is 12.4 Å². The average molecular weight is 420 g/mol. The van der Waals surface area contributed by atoms with Crippen molar-refractivity contribution in [2.24, 2.45) is 0 Å². The molecule has 3 aromatic carbocycles. The number of aryl methyl sites for hydroxylation is 1. The van der Waals surface area contributed by atoms with Crippen molar-refractivity contribution in [3.05, 3.63) is 101 Å². The Bertz CT molecular complexity index is 945. The lowest BCUT2D eigenvalue weighted by Gasteiger charge is -2.17. The lowest BCUT2D eigenvalue weighted by molar-refractivity contribution is 0.333. The molecule has 0 saturated carbocycles. The number of nitrogens with zero attached hydrogens (tertiary/aromatic N) is 1. The third-order valence-corrected chi connectivity index (χ3v) is 5.04. The SMILES string of the molecule is COc1ccc(C#Cc2ccccc2)c(CCCN(C)CCc2ccccc2)c1.Cl. The summed E-state index contributed by atoms with van der Waals surface area (Å²) in [4.78, 5) is 2.41. The van der Waals surface area contributed by atoms with E-state index in [1.54, 1.807) is 7.11 Å². The Hall–Kier alpha value is -2.73. The third-order valence-electron chi connectivity index (χ3n) is 5.04. The quantitative estimate of drug-likeness (QED) is 0.439. The van der Waals surface area contributed by atoms with Gasteiger partial charge in [-0.15, -0.1) is 12.4 Å². The Kier molecular flexibility index (Phi) is 10.0.